The van der Waals surface area contributed by atoms with Crippen molar-refractivity contribution in [3.8, 4) is 6.07 Å². The highest BCUT2D eigenvalue weighted by molar-refractivity contribution is 5.84. The minimum atomic E-state index is -0.925. The predicted octanol–water partition coefficient (Wildman–Crippen LogP) is 0.767. The highest BCUT2D eigenvalue weighted by atomic mass is 16.3. The number of piperidine rings is 1. The molecule has 1 heterocycles. The first-order valence-electron chi connectivity index (χ1n) is 5.32. The number of likely N-dealkylation sites (tertiary alicyclic amines) is 1. The van der Waals surface area contributed by atoms with E-state index in [2.05, 4.69) is 0 Å². The number of aliphatic hydroxyl groups excluding tert-OH is 1. The number of hydrogen-bond donors (Lipinski definition) is 1. The molecular formula is C11H18N2O2. The van der Waals surface area contributed by atoms with Crippen molar-refractivity contribution >= 4 is 5.91 Å². The molecule has 0 aliphatic carbocycles. The van der Waals surface area contributed by atoms with Gasteiger partial charge in [0, 0.05) is 19.7 Å². The van der Waals surface area contributed by atoms with Crippen LogP contribution in [0.5, 0.6) is 0 Å². The van der Waals surface area contributed by atoms with Crippen LogP contribution in [0.3, 0.4) is 0 Å². The van der Waals surface area contributed by atoms with E-state index in [-0.39, 0.29) is 12.5 Å². The lowest BCUT2D eigenvalue weighted by Crippen LogP contribution is -2.45. The Balaban J connectivity index is 2.55. The van der Waals surface area contributed by atoms with Gasteiger partial charge in [-0.3, -0.25) is 4.79 Å². The van der Waals surface area contributed by atoms with Gasteiger partial charge in [-0.25, -0.2) is 0 Å². The van der Waals surface area contributed by atoms with Gasteiger partial charge in [-0.05, 0) is 32.6 Å². The number of rotatable bonds is 2. The van der Waals surface area contributed by atoms with E-state index in [1.165, 1.54) is 0 Å². The lowest BCUT2D eigenvalue weighted by atomic mass is 9.91. The number of carbonyl (C=O) groups excluding carboxylic acids is 1. The van der Waals surface area contributed by atoms with E-state index in [1.54, 1.807) is 18.7 Å². The third-order valence-corrected chi connectivity index (χ3v) is 2.97. The summed E-state index contributed by atoms with van der Waals surface area (Å²) in [4.78, 5) is 13.6. The van der Waals surface area contributed by atoms with Gasteiger partial charge >= 0.3 is 0 Å². The first-order valence-corrected chi connectivity index (χ1v) is 5.32. The smallest absolute Gasteiger partial charge is 0.242 e. The van der Waals surface area contributed by atoms with Crippen molar-refractivity contribution < 1.29 is 9.90 Å². The maximum absolute atomic E-state index is 11.9. The summed E-state index contributed by atoms with van der Waals surface area (Å²) in [5.74, 6) is 0.223. The van der Waals surface area contributed by atoms with Crippen LogP contribution in [0.4, 0.5) is 0 Å². The van der Waals surface area contributed by atoms with E-state index in [9.17, 15) is 4.79 Å². The molecule has 84 valence electrons. The van der Waals surface area contributed by atoms with Gasteiger partial charge in [0.15, 0.2) is 0 Å². The fourth-order valence-corrected chi connectivity index (χ4v) is 1.76. The lowest BCUT2D eigenvalue weighted by molar-refractivity contribution is -0.139. The van der Waals surface area contributed by atoms with Gasteiger partial charge in [0.2, 0.25) is 5.91 Å². The standard InChI is InChI=1S/C11H18N2O2/c1-11(2,8-12)10(15)13-5-3-9(7-14)4-6-13/h9,14H,3-7H2,1-2H3. The van der Waals surface area contributed by atoms with Crippen LogP contribution in [0.2, 0.25) is 0 Å². The lowest BCUT2D eigenvalue weighted by Gasteiger charge is -2.34. The molecule has 0 atom stereocenters. The van der Waals surface area contributed by atoms with Gasteiger partial charge in [0.05, 0.1) is 6.07 Å². The molecule has 1 aliphatic heterocycles. The van der Waals surface area contributed by atoms with Gasteiger partial charge in [-0.2, -0.15) is 5.26 Å². The first-order chi connectivity index (χ1) is 7.01. The predicted molar refractivity (Wildman–Crippen MR) is 55.8 cm³/mol. The summed E-state index contributed by atoms with van der Waals surface area (Å²) in [6.45, 7) is 4.81. The Morgan fingerprint density at radius 3 is 2.47 bits per heavy atom. The molecule has 0 spiro atoms. The van der Waals surface area contributed by atoms with E-state index in [4.69, 9.17) is 10.4 Å². The Labute approximate surface area is 90.5 Å². The van der Waals surface area contributed by atoms with Crippen LogP contribution in [-0.4, -0.2) is 35.6 Å². The maximum Gasteiger partial charge on any atom is 0.242 e. The molecule has 0 aromatic carbocycles. The van der Waals surface area contributed by atoms with Gasteiger partial charge in [0.25, 0.3) is 0 Å². The van der Waals surface area contributed by atoms with Crippen molar-refractivity contribution in [1.29, 1.82) is 5.26 Å². The summed E-state index contributed by atoms with van der Waals surface area (Å²) >= 11 is 0. The number of carbonyl (C=O) groups is 1. The van der Waals surface area contributed by atoms with E-state index in [0.29, 0.717) is 19.0 Å². The van der Waals surface area contributed by atoms with Crippen molar-refractivity contribution in [3.63, 3.8) is 0 Å². The quantitative estimate of drug-likeness (QED) is 0.732. The average molecular weight is 210 g/mol. The zero-order valence-electron chi connectivity index (χ0n) is 9.36. The summed E-state index contributed by atoms with van der Waals surface area (Å²) in [6.07, 6.45) is 1.67. The number of nitrogens with zero attached hydrogens (tertiary/aromatic N) is 2. The first kappa shape index (κ1) is 12.0. The summed E-state index contributed by atoms with van der Waals surface area (Å²) in [5, 5.41) is 17.8. The summed E-state index contributed by atoms with van der Waals surface area (Å²) < 4.78 is 0. The van der Waals surface area contributed by atoms with Crippen LogP contribution in [0.25, 0.3) is 0 Å². The van der Waals surface area contributed by atoms with E-state index in [0.717, 1.165) is 12.8 Å². The van der Waals surface area contributed by atoms with Crippen molar-refractivity contribution in [1.82, 2.24) is 4.90 Å². The second kappa shape index (κ2) is 4.63. The molecule has 1 saturated heterocycles. The molecule has 0 unspecified atom stereocenters. The Morgan fingerprint density at radius 2 is 2.07 bits per heavy atom. The Morgan fingerprint density at radius 1 is 1.53 bits per heavy atom. The molecule has 0 bridgehead atoms. The molecule has 0 aromatic rings. The molecule has 0 saturated carbocycles. The molecule has 4 heteroatoms. The highest BCUT2D eigenvalue weighted by Crippen LogP contribution is 2.23. The Bertz CT molecular complexity index is 273. The van der Waals surface area contributed by atoms with Gasteiger partial charge in [-0.1, -0.05) is 0 Å². The van der Waals surface area contributed by atoms with E-state index in [1.807, 2.05) is 6.07 Å². The molecule has 4 nitrogen and oxygen atoms in total. The molecule has 0 radical (unpaired) electrons. The van der Waals surface area contributed by atoms with Crippen LogP contribution in [0.1, 0.15) is 26.7 Å². The van der Waals surface area contributed by atoms with E-state index < -0.39 is 5.41 Å². The van der Waals surface area contributed by atoms with Crippen LogP contribution in [0.15, 0.2) is 0 Å². The third kappa shape index (κ3) is 2.69. The highest BCUT2D eigenvalue weighted by Gasteiger charge is 2.33. The Kier molecular flexibility index (Phi) is 3.70. The number of nitriles is 1. The van der Waals surface area contributed by atoms with Gasteiger partial charge in [0.1, 0.15) is 5.41 Å². The molecule has 1 fully saturated rings. The molecule has 1 aliphatic rings. The fourth-order valence-electron chi connectivity index (χ4n) is 1.76. The van der Waals surface area contributed by atoms with E-state index >= 15 is 0 Å². The van der Waals surface area contributed by atoms with Gasteiger partial charge in [-0.15, -0.1) is 0 Å². The molecule has 1 amide bonds. The third-order valence-electron chi connectivity index (χ3n) is 2.97. The summed E-state index contributed by atoms with van der Waals surface area (Å²) in [5.41, 5.74) is -0.925. The normalized spacial score (nSPS) is 18.7. The number of hydrogen-bond acceptors (Lipinski definition) is 3. The zero-order valence-corrected chi connectivity index (χ0v) is 9.36. The zero-order chi connectivity index (χ0) is 11.5. The second-order valence-corrected chi connectivity index (χ2v) is 4.65. The van der Waals surface area contributed by atoms with Crippen LogP contribution >= 0.6 is 0 Å². The van der Waals surface area contributed by atoms with Crippen molar-refractivity contribution in [3.05, 3.63) is 0 Å². The summed E-state index contributed by atoms with van der Waals surface area (Å²) in [6, 6.07) is 2.02. The largest absolute Gasteiger partial charge is 0.396 e. The van der Waals surface area contributed by atoms with Crippen molar-refractivity contribution in [2.24, 2.45) is 11.3 Å². The van der Waals surface area contributed by atoms with Crippen LogP contribution in [-0.2, 0) is 4.79 Å². The fraction of sp³-hybridized carbons (Fsp3) is 0.818. The van der Waals surface area contributed by atoms with Crippen molar-refractivity contribution in [2.45, 2.75) is 26.7 Å². The van der Waals surface area contributed by atoms with Crippen LogP contribution < -0.4 is 0 Å². The molecule has 0 aromatic heterocycles. The number of aliphatic hydroxyl groups is 1. The maximum atomic E-state index is 11.9. The SMILES string of the molecule is CC(C)(C#N)C(=O)N1CCC(CO)CC1. The van der Waals surface area contributed by atoms with Crippen molar-refractivity contribution in [2.75, 3.05) is 19.7 Å². The second-order valence-electron chi connectivity index (χ2n) is 4.65. The van der Waals surface area contributed by atoms with Crippen LogP contribution in [0, 0.1) is 22.7 Å². The number of amides is 1. The minimum absolute atomic E-state index is 0.0959. The average Bonchev–Trinajstić information content (AvgIpc) is 2.28. The summed E-state index contributed by atoms with van der Waals surface area (Å²) in [7, 11) is 0. The topological polar surface area (TPSA) is 64.3 Å². The molecule has 1 N–H and O–H groups in total. The molecule has 1 rings (SSSR count). The Hall–Kier alpha value is -1.08. The van der Waals surface area contributed by atoms with Gasteiger partial charge < -0.3 is 10.0 Å². The molecular weight excluding hydrogens is 192 g/mol. The minimum Gasteiger partial charge on any atom is -0.396 e. The molecule has 15 heavy (non-hydrogen) atoms. The monoisotopic (exact) mass is 210 g/mol.